The Hall–Kier alpha value is -2.75. The Morgan fingerprint density at radius 2 is 2.07 bits per heavy atom. The van der Waals surface area contributed by atoms with Crippen molar-refractivity contribution in [2.45, 2.75) is 11.5 Å². The number of pyridine rings is 1. The highest BCUT2D eigenvalue weighted by atomic mass is 35.5. The quantitative estimate of drug-likeness (QED) is 0.343. The standard InChI is InChI=1S/C20H15ClN2O3S/c1-27-16-7-6-13-8-15(20(21)23-17(13)9-16)11-26-19(24)12-25-18-5-3-2-4-14(18)10-22/h2-9H,11-12H2,1H3. The zero-order valence-electron chi connectivity index (χ0n) is 14.4. The minimum Gasteiger partial charge on any atom is -0.481 e. The van der Waals surface area contributed by atoms with Crippen molar-refractivity contribution in [2.24, 2.45) is 0 Å². The van der Waals surface area contributed by atoms with Crippen molar-refractivity contribution >= 4 is 40.2 Å². The fraction of sp³-hybridized carbons (Fsp3) is 0.150. The number of thioether (sulfide) groups is 1. The molecule has 0 fully saturated rings. The number of ether oxygens (including phenoxy) is 2. The number of aromatic nitrogens is 1. The number of esters is 1. The molecule has 1 heterocycles. The third kappa shape index (κ3) is 4.70. The van der Waals surface area contributed by atoms with Gasteiger partial charge in [-0.25, -0.2) is 9.78 Å². The summed E-state index contributed by atoms with van der Waals surface area (Å²) in [6.07, 6.45) is 1.99. The molecule has 0 aliphatic carbocycles. The van der Waals surface area contributed by atoms with Crippen LogP contribution in [0.4, 0.5) is 0 Å². The van der Waals surface area contributed by atoms with Crippen LogP contribution in [0.1, 0.15) is 11.1 Å². The number of nitrogens with zero attached hydrogens (tertiary/aromatic N) is 2. The van der Waals surface area contributed by atoms with Crippen LogP contribution in [-0.2, 0) is 16.1 Å². The second-order valence-electron chi connectivity index (χ2n) is 5.55. The van der Waals surface area contributed by atoms with Crippen molar-refractivity contribution in [3.05, 3.63) is 64.8 Å². The summed E-state index contributed by atoms with van der Waals surface area (Å²) in [6.45, 7) is -0.303. The van der Waals surface area contributed by atoms with Crippen LogP contribution in [0.5, 0.6) is 5.75 Å². The maximum Gasteiger partial charge on any atom is 0.344 e. The van der Waals surface area contributed by atoms with Crippen molar-refractivity contribution in [3.8, 4) is 11.8 Å². The zero-order chi connectivity index (χ0) is 19.2. The lowest BCUT2D eigenvalue weighted by Gasteiger charge is -2.10. The Bertz CT molecular complexity index is 1030. The number of fused-ring (bicyclic) bond motifs is 1. The van der Waals surface area contributed by atoms with E-state index in [1.165, 1.54) is 0 Å². The van der Waals surface area contributed by atoms with E-state index >= 15 is 0 Å². The van der Waals surface area contributed by atoms with Gasteiger partial charge < -0.3 is 9.47 Å². The molecule has 0 saturated carbocycles. The topological polar surface area (TPSA) is 72.2 Å². The Kier molecular flexibility index (Phi) is 6.17. The summed E-state index contributed by atoms with van der Waals surface area (Å²) in [7, 11) is 0. The summed E-state index contributed by atoms with van der Waals surface area (Å²) in [6, 6.07) is 16.5. The van der Waals surface area contributed by atoms with Gasteiger partial charge in [0.1, 0.15) is 23.6 Å². The molecule has 0 saturated heterocycles. The molecule has 0 aliphatic heterocycles. The molecule has 0 atom stereocenters. The molecule has 3 aromatic rings. The van der Waals surface area contributed by atoms with Crippen LogP contribution in [-0.4, -0.2) is 23.8 Å². The highest BCUT2D eigenvalue weighted by molar-refractivity contribution is 7.98. The lowest BCUT2D eigenvalue weighted by Crippen LogP contribution is -2.15. The number of hydrogen-bond acceptors (Lipinski definition) is 6. The van der Waals surface area contributed by atoms with Gasteiger partial charge in [-0.2, -0.15) is 5.26 Å². The third-order valence-electron chi connectivity index (χ3n) is 3.79. The smallest absolute Gasteiger partial charge is 0.344 e. The SMILES string of the molecule is CSc1ccc2cc(COC(=O)COc3ccccc3C#N)c(Cl)nc2c1. The molecule has 7 heteroatoms. The van der Waals surface area contributed by atoms with Gasteiger partial charge in [-0.15, -0.1) is 11.8 Å². The summed E-state index contributed by atoms with van der Waals surface area (Å²) in [5, 5.41) is 10.2. The first-order valence-corrected chi connectivity index (χ1v) is 9.61. The van der Waals surface area contributed by atoms with Crippen molar-refractivity contribution in [3.63, 3.8) is 0 Å². The van der Waals surface area contributed by atoms with Crippen molar-refractivity contribution in [1.82, 2.24) is 4.98 Å². The average molecular weight is 399 g/mol. The average Bonchev–Trinajstić information content (AvgIpc) is 2.70. The molecule has 0 N–H and O–H groups in total. The van der Waals surface area contributed by atoms with Gasteiger partial charge in [-0.05, 0) is 36.6 Å². The molecule has 0 bridgehead atoms. The molecule has 0 amide bonds. The molecular formula is C20H15ClN2O3S. The monoisotopic (exact) mass is 398 g/mol. The Balaban J connectivity index is 1.63. The van der Waals surface area contributed by atoms with Crippen LogP contribution in [0.15, 0.2) is 53.4 Å². The maximum absolute atomic E-state index is 12.0. The van der Waals surface area contributed by atoms with Crippen LogP contribution in [0.3, 0.4) is 0 Å². The summed E-state index contributed by atoms with van der Waals surface area (Å²) < 4.78 is 10.6. The minimum absolute atomic E-state index is 0.00581. The summed E-state index contributed by atoms with van der Waals surface area (Å²) in [5.41, 5.74) is 1.77. The van der Waals surface area contributed by atoms with Gasteiger partial charge in [0, 0.05) is 15.8 Å². The molecular weight excluding hydrogens is 384 g/mol. The fourth-order valence-electron chi connectivity index (χ4n) is 2.42. The van der Waals surface area contributed by atoms with Crippen LogP contribution < -0.4 is 4.74 Å². The van der Waals surface area contributed by atoms with E-state index in [0.29, 0.717) is 22.0 Å². The molecule has 0 unspecified atom stereocenters. The predicted octanol–water partition coefficient (Wildman–Crippen LogP) is 4.60. The minimum atomic E-state index is -0.559. The molecule has 5 nitrogen and oxygen atoms in total. The number of halogens is 1. The van der Waals surface area contributed by atoms with E-state index in [1.54, 1.807) is 36.0 Å². The van der Waals surface area contributed by atoms with E-state index in [2.05, 4.69) is 4.98 Å². The van der Waals surface area contributed by atoms with E-state index in [9.17, 15) is 4.79 Å². The summed E-state index contributed by atoms with van der Waals surface area (Å²) in [4.78, 5) is 17.4. The van der Waals surface area contributed by atoms with Gasteiger partial charge >= 0.3 is 5.97 Å². The Morgan fingerprint density at radius 3 is 2.85 bits per heavy atom. The molecule has 27 heavy (non-hydrogen) atoms. The molecule has 1 aromatic heterocycles. The number of para-hydroxylation sites is 1. The normalized spacial score (nSPS) is 10.4. The number of carbonyl (C=O) groups excluding carboxylic acids is 1. The molecule has 2 aromatic carbocycles. The number of carbonyl (C=O) groups is 1. The Morgan fingerprint density at radius 1 is 1.26 bits per heavy atom. The molecule has 0 aliphatic rings. The van der Waals surface area contributed by atoms with E-state index in [0.717, 1.165) is 15.8 Å². The van der Waals surface area contributed by atoms with E-state index in [-0.39, 0.29) is 13.2 Å². The molecule has 0 radical (unpaired) electrons. The van der Waals surface area contributed by atoms with Crippen molar-refractivity contribution in [2.75, 3.05) is 12.9 Å². The Labute approximate surface area is 165 Å². The van der Waals surface area contributed by atoms with Gasteiger partial charge in [0.15, 0.2) is 6.61 Å². The zero-order valence-corrected chi connectivity index (χ0v) is 16.0. The van der Waals surface area contributed by atoms with Gasteiger partial charge in [-0.3, -0.25) is 0 Å². The van der Waals surface area contributed by atoms with E-state index in [4.69, 9.17) is 26.3 Å². The van der Waals surface area contributed by atoms with Crippen molar-refractivity contribution < 1.29 is 14.3 Å². The van der Waals surface area contributed by atoms with Crippen LogP contribution in [0.25, 0.3) is 10.9 Å². The number of hydrogen-bond donors (Lipinski definition) is 0. The first kappa shape index (κ1) is 19.0. The summed E-state index contributed by atoms with van der Waals surface area (Å²) in [5.74, 6) is -0.219. The lowest BCUT2D eigenvalue weighted by molar-refractivity contribution is -0.147. The van der Waals surface area contributed by atoms with Gasteiger partial charge in [-0.1, -0.05) is 29.8 Å². The lowest BCUT2D eigenvalue weighted by atomic mass is 10.2. The first-order valence-electron chi connectivity index (χ1n) is 8.01. The van der Waals surface area contributed by atoms with Crippen LogP contribution in [0.2, 0.25) is 5.15 Å². The summed E-state index contributed by atoms with van der Waals surface area (Å²) >= 11 is 7.85. The maximum atomic E-state index is 12.0. The van der Waals surface area contributed by atoms with Crippen molar-refractivity contribution in [1.29, 1.82) is 5.26 Å². The highest BCUT2D eigenvalue weighted by Crippen LogP contribution is 2.25. The molecule has 136 valence electrons. The molecule has 0 spiro atoms. The van der Waals surface area contributed by atoms with E-state index < -0.39 is 5.97 Å². The number of rotatable bonds is 6. The molecule has 3 rings (SSSR count). The predicted molar refractivity (Wildman–Crippen MR) is 105 cm³/mol. The number of benzene rings is 2. The second-order valence-corrected chi connectivity index (χ2v) is 6.79. The van der Waals surface area contributed by atoms with Gasteiger partial charge in [0.05, 0.1) is 11.1 Å². The van der Waals surface area contributed by atoms with Crippen LogP contribution in [0, 0.1) is 11.3 Å². The van der Waals surface area contributed by atoms with Gasteiger partial charge in [0.2, 0.25) is 0 Å². The number of nitriles is 1. The first-order chi connectivity index (χ1) is 13.1. The third-order valence-corrected chi connectivity index (χ3v) is 4.85. The fourth-order valence-corrected chi connectivity index (χ4v) is 3.05. The highest BCUT2D eigenvalue weighted by Gasteiger charge is 2.11. The largest absolute Gasteiger partial charge is 0.481 e. The van der Waals surface area contributed by atoms with Gasteiger partial charge in [0.25, 0.3) is 0 Å². The second kappa shape index (κ2) is 8.76. The van der Waals surface area contributed by atoms with E-state index in [1.807, 2.05) is 36.6 Å². The van der Waals surface area contributed by atoms with Crippen LogP contribution >= 0.6 is 23.4 Å².